The quantitative estimate of drug-likeness (QED) is 0.629. The molecular formula is C11H12ClN5O. The molecule has 0 aliphatic rings. The van der Waals surface area contributed by atoms with Gasteiger partial charge in [-0.2, -0.15) is 5.10 Å². The topological polar surface area (TPSA) is 83.6 Å². The Kier molecular flexibility index (Phi) is 4.25. The van der Waals surface area contributed by atoms with Crippen LogP contribution in [0.2, 0.25) is 5.15 Å². The van der Waals surface area contributed by atoms with Gasteiger partial charge in [0.05, 0.1) is 0 Å². The fourth-order valence-electron chi connectivity index (χ4n) is 1.43. The molecule has 0 aliphatic heterocycles. The summed E-state index contributed by atoms with van der Waals surface area (Å²) in [4.78, 5) is 19.6. The lowest BCUT2D eigenvalue weighted by molar-refractivity contribution is 0.0948. The number of hydrogen-bond acceptors (Lipinski definition) is 4. The van der Waals surface area contributed by atoms with E-state index in [2.05, 4.69) is 25.5 Å². The third-order valence-corrected chi connectivity index (χ3v) is 2.50. The maximum atomic E-state index is 11.7. The highest BCUT2D eigenvalue weighted by molar-refractivity contribution is 6.29. The van der Waals surface area contributed by atoms with Crippen LogP contribution >= 0.6 is 11.6 Å². The van der Waals surface area contributed by atoms with Crippen LogP contribution in [0.15, 0.2) is 24.5 Å². The lowest BCUT2D eigenvalue weighted by atomic mass is 10.3. The number of nitrogens with one attached hydrogen (secondary N) is 2. The molecule has 18 heavy (non-hydrogen) atoms. The van der Waals surface area contributed by atoms with Gasteiger partial charge in [-0.1, -0.05) is 17.7 Å². The van der Waals surface area contributed by atoms with Crippen molar-refractivity contribution >= 4 is 17.5 Å². The summed E-state index contributed by atoms with van der Waals surface area (Å²) in [6.07, 6.45) is 2.98. The van der Waals surface area contributed by atoms with Crippen LogP contribution in [0.1, 0.15) is 22.7 Å². The van der Waals surface area contributed by atoms with E-state index in [0.717, 1.165) is 18.7 Å². The van der Waals surface area contributed by atoms with Gasteiger partial charge in [0.1, 0.15) is 23.0 Å². The first-order valence-corrected chi connectivity index (χ1v) is 5.88. The molecule has 2 N–H and O–H groups in total. The van der Waals surface area contributed by atoms with Gasteiger partial charge in [0.15, 0.2) is 0 Å². The fraction of sp³-hybridized carbons (Fsp3) is 0.273. The van der Waals surface area contributed by atoms with Crippen molar-refractivity contribution in [3.8, 4) is 0 Å². The lowest BCUT2D eigenvalue weighted by Gasteiger charge is -2.03. The number of pyridine rings is 1. The smallest absolute Gasteiger partial charge is 0.269 e. The summed E-state index contributed by atoms with van der Waals surface area (Å²) in [6, 6.07) is 4.94. The first-order valence-electron chi connectivity index (χ1n) is 5.51. The zero-order chi connectivity index (χ0) is 12.8. The van der Waals surface area contributed by atoms with Crippen LogP contribution in [-0.4, -0.2) is 32.6 Å². The summed E-state index contributed by atoms with van der Waals surface area (Å²) in [7, 11) is 0. The van der Waals surface area contributed by atoms with Gasteiger partial charge in [-0.3, -0.25) is 9.89 Å². The molecule has 0 atom stereocenters. The van der Waals surface area contributed by atoms with Crippen LogP contribution < -0.4 is 5.32 Å². The van der Waals surface area contributed by atoms with Crippen molar-refractivity contribution in [2.75, 3.05) is 6.54 Å². The van der Waals surface area contributed by atoms with Crippen LogP contribution in [0.3, 0.4) is 0 Å². The largest absolute Gasteiger partial charge is 0.351 e. The maximum Gasteiger partial charge on any atom is 0.269 e. The summed E-state index contributed by atoms with van der Waals surface area (Å²) in [5, 5.41) is 9.58. The number of rotatable bonds is 5. The molecule has 2 rings (SSSR count). The van der Waals surface area contributed by atoms with E-state index in [9.17, 15) is 4.79 Å². The number of aromatic nitrogens is 4. The lowest BCUT2D eigenvalue weighted by Crippen LogP contribution is -2.25. The fourth-order valence-corrected chi connectivity index (χ4v) is 1.60. The van der Waals surface area contributed by atoms with Gasteiger partial charge in [0.2, 0.25) is 0 Å². The minimum absolute atomic E-state index is 0.227. The summed E-state index contributed by atoms with van der Waals surface area (Å²) in [6.45, 7) is 0.549. The highest BCUT2D eigenvalue weighted by atomic mass is 35.5. The van der Waals surface area contributed by atoms with E-state index in [1.807, 2.05) is 0 Å². The second-order valence-electron chi connectivity index (χ2n) is 3.64. The number of halogens is 1. The first-order chi connectivity index (χ1) is 8.75. The van der Waals surface area contributed by atoms with Crippen molar-refractivity contribution in [3.05, 3.63) is 41.2 Å². The Bertz CT molecular complexity index is 514. The second kappa shape index (κ2) is 6.11. The Morgan fingerprint density at radius 3 is 3.06 bits per heavy atom. The molecule has 0 saturated heterocycles. The van der Waals surface area contributed by atoms with Gasteiger partial charge in [0.25, 0.3) is 5.91 Å². The van der Waals surface area contributed by atoms with E-state index in [4.69, 9.17) is 11.6 Å². The van der Waals surface area contributed by atoms with E-state index in [1.165, 1.54) is 6.33 Å². The van der Waals surface area contributed by atoms with Gasteiger partial charge in [-0.15, -0.1) is 0 Å². The van der Waals surface area contributed by atoms with E-state index in [1.54, 1.807) is 18.2 Å². The zero-order valence-electron chi connectivity index (χ0n) is 9.56. The Labute approximate surface area is 109 Å². The molecule has 0 fully saturated rings. The Morgan fingerprint density at radius 2 is 2.33 bits per heavy atom. The van der Waals surface area contributed by atoms with Crippen LogP contribution in [-0.2, 0) is 6.42 Å². The molecule has 0 radical (unpaired) electrons. The number of hydrogen-bond donors (Lipinski definition) is 2. The van der Waals surface area contributed by atoms with Crippen molar-refractivity contribution in [1.29, 1.82) is 0 Å². The van der Waals surface area contributed by atoms with Crippen LogP contribution in [0, 0.1) is 0 Å². The standard InChI is InChI=1S/C11H12ClN5O/c12-9-4-1-3-8(16-9)11(18)13-6-2-5-10-14-7-15-17-10/h1,3-4,7H,2,5-6H2,(H,13,18)(H,14,15,17). The van der Waals surface area contributed by atoms with Gasteiger partial charge in [-0.05, 0) is 18.6 Å². The molecular weight excluding hydrogens is 254 g/mol. The third-order valence-electron chi connectivity index (χ3n) is 2.29. The molecule has 2 heterocycles. The van der Waals surface area contributed by atoms with Crippen LogP contribution in [0.5, 0.6) is 0 Å². The van der Waals surface area contributed by atoms with Crippen LogP contribution in [0.25, 0.3) is 0 Å². The van der Waals surface area contributed by atoms with Crippen molar-refractivity contribution in [3.63, 3.8) is 0 Å². The average molecular weight is 266 g/mol. The minimum atomic E-state index is -0.227. The van der Waals surface area contributed by atoms with Gasteiger partial charge in [-0.25, -0.2) is 9.97 Å². The van der Waals surface area contributed by atoms with Crippen molar-refractivity contribution in [2.24, 2.45) is 0 Å². The molecule has 6 nitrogen and oxygen atoms in total. The number of carbonyl (C=O) groups excluding carboxylic acids is 1. The Balaban J connectivity index is 1.75. The molecule has 0 unspecified atom stereocenters. The van der Waals surface area contributed by atoms with Crippen molar-refractivity contribution in [1.82, 2.24) is 25.5 Å². The second-order valence-corrected chi connectivity index (χ2v) is 4.02. The normalized spacial score (nSPS) is 10.3. The highest BCUT2D eigenvalue weighted by Gasteiger charge is 2.06. The number of aromatic amines is 1. The monoisotopic (exact) mass is 265 g/mol. The molecule has 94 valence electrons. The maximum absolute atomic E-state index is 11.7. The van der Waals surface area contributed by atoms with Gasteiger partial charge in [0, 0.05) is 13.0 Å². The predicted octanol–water partition coefficient (Wildman–Crippen LogP) is 1.22. The predicted molar refractivity (Wildman–Crippen MR) is 66.3 cm³/mol. The molecule has 2 aromatic heterocycles. The zero-order valence-corrected chi connectivity index (χ0v) is 10.3. The van der Waals surface area contributed by atoms with Crippen LogP contribution in [0.4, 0.5) is 0 Å². The van der Waals surface area contributed by atoms with Crippen molar-refractivity contribution in [2.45, 2.75) is 12.8 Å². The van der Waals surface area contributed by atoms with E-state index in [0.29, 0.717) is 17.4 Å². The molecule has 7 heteroatoms. The summed E-state index contributed by atoms with van der Waals surface area (Å²) in [5.41, 5.74) is 0.321. The SMILES string of the molecule is O=C(NCCCc1ncn[nH]1)c1cccc(Cl)n1. The average Bonchev–Trinajstić information content (AvgIpc) is 2.87. The summed E-state index contributed by atoms with van der Waals surface area (Å²) < 4.78 is 0. The third kappa shape index (κ3) is 3.53. The molecule has 0 aliphatic carbocycles. The number of amides is 1. The molecule has 2 aromatic rings. The first kappa shape index (κ1) is 12.5. The summed E-state index contributed by atoms with van der Waals surface area (Å²) in [5.74, 6) is 0.584. The molecule has 0 bridgehead atoms. The number of carbonyl (C=O) groups is 1. The Hall–Kier alpha value is -1.95. The summed E-state index contributed by atoms with van der Waals surface area (Å²) >= 11 is 5.71. The van der Waals surface area contributed by atoms with Gasteiger partial charge >= 0.3 is 0 Å². The number of nitrogens with zero attached hydrogens (tertiary/aromatic N) is 3. The molecule has 0 aromatic carbocycles. The highest BCUT2D eigenvalue weighted by Crippen LogP contribution is 2.04. The van der Waals surface area contributed by atoms with E-state index < -0.39 is 0 Å². The number of aryl methyl sites for hydroxylation is 1. The molecule has 1 amide bonds. The Morgan fingerprint density at radius 1 is 1.44 bits per heavy atom. The van der Waals surface area contributed by atoms with Gasteiger partial charge < -0.3 is 5.32 Å². The minimum Gasteiger partial charge on any atom is -0.351 e. The van der Waals surface area contributed by atoms with E-state index in [-0.39, 0.29) is 5.91 Å². The molecule has 0 spiro atoms. The molecule has 0 saturated carbocycles. The van der Waals surface area contributed by atoms with E-state index >= 15 is 0 Å². The number of H-pyrrole nitrogens is 1. The van der Waals surface area contributed by atoms with Crippen molar-refractivity contribution < 1.29 is 4.79 Å².